The average molecular weight is 268 g/mol. The van der Waals surface area contributed by atoms with Gasteiger partial charge in [0.15, 0.2) is 5.60 Å². The molecular formula is C8H16N2O6S. The maximum atomic E-state index is 11.1. The van der Waals surface area contributed by atoms with Gasteiger partial charge in [0.25, 0.3) is 0 Å². The molecule has 0 fully saturated rings. The molecule has 9 heteroatoms. The predicted octanol–water partition coefficient (Wildman–Crippen LogP) is -1.83. The lowest BCUT2D eigenvalue weighted by atomic mass is 10.1. The number of hydrogen-bond acceptors (Lipinski definition) is 5. The third-order valence-electron chi connectivity index (χ3n) is 1.81. The van der Waals surface area contributed by atoms with Crippen LogP contribution in [-0.4, -0.2) is 61.3 Å². The second kappa shape index (κ2) is 5.82. The number of sulfone groups is 1. The standard InChI is InChI=1S/C8H16N2O6S/c1-8(14,6(11)12)5-10-7(13)9-3-4-17(2,15)16/h14H,3-5H2,1-2H3,(H,11,12)(H2,9,10,13). The molecule has 0 aromatic heterocycles. The quantitative estimate of drug-likeness (QED) is 0.447. The topological polar surface area (TPSA) is 133 Å². The normalized spacial score (nSPS) is 14.8. The Bertz CT molecular complexity index is 389. The zero-order valence-electron chi connectivity index (χ0n) is 9.56. The third kappa shape index (κ3) is 7.53. The van der Waals surface area contributed by atoms with Crippen molar-refractivity contribution in [2.75, 3.05) is 25.1 Å². The largest absolute Gasteiger partial charge is 0.479 e. The van der Waals surface area contributed by atoms with Gasteiger partial charge in [0.05, 0.1) is 12.3 Å². The molecule has 0 rings (SSSR count). The molecule has 0 radical (unpaired) electrons. The van der Waals surface area contributed by atoms with Crippen molar-refractivity contribution in [3.8, 4) is 0 Å². The highest BCUT2D eigenvalue weighted by molar-refractivity contribution is 7.90. The van der Waals surface area contributed by atoms with Crippen molar-refractivity contribution in [3.63, 3.8) is 0 Å². The van der Waals surface area contributed by atoms with Crippen LogP contribution in [0.1, 0.15) is 6.92 Å². The first kappa shape index (κ1) is 15.7. The minimum atomic E-state index is -3.16. The summed E-state index contributed by atoms with van der Waals surface area (Å²) in [6, 6.07) is -0.741. The van der Waals surface area contributed by atoms with Gasteiger partial charge in [-0.25, -0.2) is 18.0 Å². The van der Waals surface area contributed by atoms with E-state index in [1.54, 1.807) is 0 Å². The molecule has 0 bridgehead atoms. The molecule has 17 heavy (non-hydrogen) atoms. The zero-order valence-corrected chi connectivity index (χ0v) is 10.4. The minimum absolute atomic E-state index is 0.0835. The van der Waals surface area contributed by atoms with Gasteiger partial charge >= 0.3 is 12.0 Å². The van der Waals surface area contributed by atoms with E-state index in [1.807, 2.05) is 0 Å². The van der Waals surface area contributed by atoms with Gasteiger partial charge in [-0.3, -0.25) is 0 Å². The number of aliphatic carboxylic acids is 1. The lowest BCUT2D eigenvalue weighted by Crippen LogP contribution is -2.49. The lowest BCUT2D eigenvalue weighted by molar-refractivity contribution is -0.155. The number of amides is 2. The first-order chi connectivity index (χ1) is 7.54. The Hall–Kier alpha value is -1.35. The van der Waals surface area contributed by atoms with Crippen molar-refractivity contribution in [2.24, 2.45) is 0 Å². The summed E-state index contributed by atoms with van der Waals surface area (Å²) in [6.45, 7) is 0.471. The number of nitrogens with one attached hydrogen (secondary N) is 2. The van der Waals surface area contributed by atoms with Crippen LogP contribution in [0.2, 0.25) is 0 Å². The average Bonchev–Trinajstić information content (AvgIpc) is 2.12. The Morgan fingerprint density at radius 1 is 1.29 bits per heavy atom. The SMILES string of the molecule is CC(O)(CNC(=O)NCCS(C)(=O)=O)C(=O)O. The van der Waals surface area contributed by atoms with Gasteiger partial charge in [-0.1, -0.05) is 0 Å². The smallest absolute Gasteiger partial charge is 0.337 e. The molecule has 0 spiro atoms. The van der Waals surface area contributed by atoms with Crippen LogP contribution in [-0.2, 0) is 14.6 Å². The Morgan fingerprint density at radius 3 is 2.24 bits per heavy atom. The number of carbonyl (C=O) groups is 2. The van der Waals surface area contributed by atoms with Crippen molar-refractivity contribution in [2.45, 2.75) is 12.5 Å². The van der Waals surface area contributed by atoms with E-state index in [2.05, 4.69) is 10.6 Å². The molecule has 0 aliphatic heterocycles. The van der Waals surface area contributed by atoms with Crippen molar-refractivity contribution in [3.05, 3.63) is 0 Å². The van der Waals surface area contributed by atoms with Crippen LogP contribution in [0, 0.1) is 0 Å². The van der Waals surface area contributed by atoms with Crippen LogP contribution in [0.3, 0.4) is 0 Å². The second-order valence-corrected chi connectivity index (χ2v) is 6.08. The second-order valence-electron chi connectivity index (χ2n) is 3.82. The number of carboxylic acids is 1. The van der Waals surface area contributed by atoms with Gasteiger partial charge < -0.3 is 20.8 Å². The van der Waals surface area contributed by atoms with Gasteiger partial charge in [-0.2, -0.15) is 0 Å². The van der Waals surface area contributed by atoms with Gasteiger partial charge in [0.1, 0.15) is 9.84 Å². The summed E-state index contributed by atoms with van der Waals surface area (Å²) in [5.41, 5.74) is -2.06. The molecule has 8 nitrogen and oxygen atoms in total. The fourth-order valence-electron chi connectivity index (χ4n) is 0.740. The van der Waals surface area contributed by atoms with Crippen molar-refractivity contribution in [1.29, 1.82) is 0 Å². The fraction of sp³-hybridized carbons (Fsp3) is 0.750. The molecule has 0 heterocycles. The molecule has 0 saturated carbocycles. The minimum Gasteiger partial charge on any atom is -0.479 e. The molecule has 4 N–H and O–H groups in total. The summed E-state index contributed by atoms with van der Waals surface area (Å²) in [5.74, 6) is -1.68. The maximum Gasteiger partial charge on any atom is 0.337 e. The highest BCUT2D eigenvalue weighted by atomic mass is 32.2. The monoisotopic (exact) mass is 268 g/mol. The molecule has 1 unspecified atom stereocenters. The molecule has 0 aliphatic carbocycles. The Morgan fingerprint density at radius 2 is 1.82 bits per heavy atom. The highest BCUT2D eigenvalue weighted by Gasteiger charge is 2.30. The number of rotatable bonds is 6. The van der Waals surface area contributed by atoms with Gasteiger partial charge in [-0.05, 0) is 6.92 Å². The fourth-order valence-corrected chi connectivity index (χ4v) is 1.21. The molecule has 0 aromatic rings. The van der Waals surface area contributed by atoms with Crippen molar-refractivity contribution in [1.82, 2.24) is 10.6 Å². The van der Waals surface area contributed by atoms with E-state index in [0.29, 0.717) is 0 Å². The summed E-state index contributed by atoms with van der Waals surface area (Å²) < 4.78 is 21.5. The molecule has 0 aromatic carbocycles. The van der Waals surface area contributed by atoms with Crippen molar-refractivity contribution < 1.29 is 28.2 Å². The molecule has 1 atom stereocenters. The van der Waals surface area contributed by atoms with E-state index in [-0.39, 0.29) is 12.3 Å². The number of aliphatic hydroxyl groups is 1. The highest BCUT2D eigenvalue weighted by Crippen LogP contribution is 2.00. The summed E-state index contributed by atoms with van der Waals surface area (Å²) in [7, 11) is -3.16. The van der Waals surface area contributed by atoms with Gasteiger partial charge in [0.2, 0.25) is 0 Å². The van der Waals surface area contributed by atoms with Crippen LogP contribution in [0.5, 0.6) is 0 Å². The van der Waals surface area contributed by atoms with E-state index >= 15 is 0 Å². The Kier molecular flexibility index (Phi) is 5.36. The first-order valence-electron chi connectivity index (χ1n) is 4.70. The van der Waals surface area contributed by atoms with Crippen LogP contribution in [0.25, 0.3) is 0 Å². The lowest BCUT2D eigenvalue weighted by Gasteiger charge is -2.18. The van der Waals surface area contributed by atoms with E-state index in [0.717, 1.165) is 13.2 Å². The van der Waals surface area contributed by atoms with Crippen LogP contribution < -0.4 is 10.6 Å². The zero-order chi connectivity index (χ0) is 13.7. The molecule has 0 aliphatic rings. The molecular weight excluding hydrogens is 252 g/mol. The predicted molar refractivity (Wildman–Crippen MR) is 59.4 cm³/mol. The van der Waals surface area contributed by atoms with E-state index in [9.17, 15) is 23.1 Å². The van der Waals surface area contributed by atoms with E-state index in [4.69, 9.17) is 5.11 Å². The number of carboxylic acid groups (broad SMARTS) is 1. The van der Waals surface area contributed by atoms with Crippen molar-refractivity contribution >= 4 is 21.8 Å². The van der Waals surface area contributed by atoms with Crippen LogP contribution in [0.15, 0.2) is 0 Å². The maximum absolute atomic E-state index is 11.1. The van der Waals surface area contributed by atoms with Gasteiger partial charge in [-0.15, -0.1) is 0 Å². The summed E-state index contributed by atoms with van der Waals surface area (Å²) >= 11 is 0. The number of hydrogen-bond donors (Lipinski definition) is 4. The van der Waals surface area contributed by atoms with Crippen LogP contribution >= 0.6 is 0 Å². The summed E-state index contributed by atoms with van der Waals surface area (Å²) in [6.07, 6.45) is 1.03. The molecule has 100 valence electrons. The molecule has 2 amide bonds. The van der Waals surface area contributed by atoms with Crippen LogP contribution in [0.4, 0.5) is 4.79 Å². The van der Waals surface area contributed by atoms with E-state index < -0.39 is 34.0 Å². The first-order valence-corrected chi connectivity index (χ1v) is 6.76. The van der Waals surface area contributed by atoms with Gasteiger partial charge in [0, 0.05) is 12.8 Å². The molecule has 0 saturated heterocycles. The Labute approximate surface area is 98.9 Å². The summed E-state index contributed by atoms with van der Waals surface area (Å²) in [5, 5.41) is 22.1. The number of carbonyl (C=O) groups excluding carboxylic acids is 1. The third-order valence-corrected chi connectivity index (χ3v) is 2.76. The summed E-state index contributed by atoms with van der Waals surface area (Å²) in [4.78, 5) is 21.6. The number of urea groups is 1. The Balaban J connectivity index is 3.93. The van der Waals surface area contributed by atoms with E-state index in [1.165, 1.54) is 0 Å².